The van der Waals surface area contributed by atoms with Crippen molar-refractivity contribution in [1.29, 1.82) is 0 Å². The lowest BCUT2D eigenvalue weighted by atomic mass is 10.1. The second-order valence-electron chi connectivity index (χ2n) is 6.45. The number of thiophene rings is 1. The summed E-state index contributed by atoms with van der Waals surface area (Å²) in [6.45, 7) is 5.87. The van der Waals surface area contributed by atoms with Gasteiger partial charge >= 0.3 is 0 Å². The van der Waals surface area contributed by atoms with Gasteiger partial charge in [0.15, 0.2) is 0 Å². The zero-order chi connectivity index (χ0) is 18.0. The first-order chi connectivity index (χ1) is 12.0. The van der Waals surface area contributed by atoms with Crippen LogP contribution in [0.2, 0.25) is 5.02 Å². The lowest BCUT2D eigenvalue weighted by molar-refractivity contribution is -0.134. The van der Waals surface area contributed by atoms with Crippen LogP contribution in [0.15, 0.2) is 24.3 Å². The Balaban J connectivity index is 1.63. The van der Waals surface area contributed by atoms with Crippen LogP contribution in [-0.4, -0.2) is 41.9 Å². The second kappa shape index (κ2) is 7.72. The highest BCUT2D eigenvalue weighted by Crippen LogP contribution is 2.34. The summed E-state index contributed by atoms with van der Waals surface area (Å²) >= 11 is 7.99. The van der Waals surface area contributed by atoms with Gasteiger partial charge in [-0.1, -0.05) is 29.8 Å². The van der Waals surface area contributed by atoms with Crippen LogP contribution in [0.3, 0.4) is 0 Å². The van der Waals surface area contributed by atoms with Crippen LogP contribution in [0, 0.1) is 0 Å². The molecule has 3 rings (SSSR count). The molecule has 0 radical (unpaired) electrons. The van der Waals surface area contributed by atoms with Gasteiger partial charge in [-0.05, 0) is 19.9 Å². The van der Waals surface area contributed by atoms with Crippen LogP contribution < -0.4 is 10.6 Å². The molecule has 1 fully saturated rings. The van der Waals surface area contributed by atoms with E-state index in [1.807, 2.05) is 38.1 Å². The van der Waals surface area contributed by atoms with Gasteiger partial charge in [0.2, 0.25) is 11.8 Å². The van der Waals surface area contributed by atoms with E-state index in [-0.39, 0.29) is 24.3 Å². The maximum atomic E-state index is 12.4. The largest absolute Gasteiger partial charge is 0.353 e. The molecule has 1 aliphatic rings. The molecule has 1 aliphatic heterocycles. The van der Waals surface area contributed by atoms with Crippen molar-refractivity contribution in [3.05, 3.63) is 34.2 Å². The quantitative estimate of drug-likeness (QED) is 0.839. The van der Waals surface area contributed by atoms with Crippen LogP contribution in [0.5, 0.6) is 0 Å². The lowest BCUT2D eigenvalue weighted by Gasteiger charge is -2.37. The number of nitrogens with one attached hydrogen (secondary N) is 2. The van der Waals surface area contributed by atoms with Gasteiger partial charge in [0, 0.05) is 34.1 Å². The first-order valence-corrected chi connectivity index (χ1v) is 9.63. The Hall–Kier alpha value is -1.63. The summed E-state index contributed by atoms with van der Waals surface area (Å²) in [5, 5.41) is 7.46. The number of amides is 2. The highest BCUT2D eigenvalue weighted by Gasteiger charge is 2.32. The van der Waals surface area contributed by atoms with Crippen molar-refractivity contribution in [3.63, 3.8) is 0 Å². The lowest BCUT2D eigenvalue weighted by Crippen LogP contribution is -2.58. The van der Waals surface area contributed by atoms with E-state index >= 15 is 0 Å². The summed E-state index contributed by atoms with van der Waals surface area (Å²) in [7, 11) is 0. The molecule has 0 bridgehead atoms. The molecular formula is C18H22ClN3O2S. The highest BCUT2D eigenvalue weighted by molar-refractivity contribution is 7.19. The molecule has 2 N–H and O–H groups in total. The fourth-order valence-corrected chi connectivity index (χ4v) is 4.60. The summed E-state index contributed by atoms with van der Waals surface area (Å²) in [6.07, 6.45) is 0.159. The third-order valence-corrected chi connectivity index (χ3v) is 6.18. The Kier molecular flexibility index (Phi) is 5.61. The Morgan fingerprint density at radius 1 is 1.44 bits per heavy atom. The minimum Gasteiger partial charge on any atom is -0.353 e. The summed E-state index contributed by atoms with van der Waals surface area (Å²) in [4.78, 5) is 27.5. The van der Waals surface area contributed by atoms with Crippen molar-refractivity contribution in [2.24, 2.45) is 0 Å². The van der Waals surface area contributed by atoms with Crippen molar-refractivity contribution in [1.82, 2.24) is 15.5 Å². The number of carbonyl (C=O) groups is 2. The topological polar surface area (TPSA) is 61.4 Å². The molecule has 1 aromatic carbocycles. The van der Waals surface area contributed by atoms with E-state index in [1.165, 1.54) is 0 Å². The Morgan fingerprint density at radius 2 is 2.20 bits per heavy atom. The summed E-state index contributed by atoms with van der Waals surface area (Å²) in [5.74, 6) is -0.212. The minimum absolute atomic E-state index is 0.0741. The predicted octanol–water partition coefficient (Wildman–Crippen LogP) is 2.77. The normalized spacial score (nSPS) is 18.6. The second-order valence-corrected chi connectivity index (χ2v) is 7.97. The molecule has 1 atom stereocenters. The number of hydrogen-bond donors (Lipinski definition) is 2. The van der Waals surface area contributed by atoms with E-state index in [9.17, 15) is 9.59 Å². The smallest absolute Gasteiger partial charge is 0.237 e. The summed E-state index contributed by atoms with van der Waals surface area (Å²) in [5.41, 5.74) is 0. The minimum atomic E-state index is -0.411. The predicted molar refractivity (Wildman–Crippen MR) is 102 cm³/mol. The Morgan fingerprint density at radius 3 is 2.92 bits per heavy atom. The number of piperazine rings is 1. The van der Waals surface area contributed by atoms with Crippen LogP contribution in [0.25, 0.3) is 10.1 Å². The third-order valence-electron chi connectivity index (χ3n) is 4.46. The van der Waals surface area contributed by atoms with Crippen LogP contribution in [-0.2, 0) is 16.1 Å². The van der Waals surface area contributed by atoms with Gasteiger partial charge in [-0.15, -0.1) is 11.3 Å². The molecule has 0 saturated carbocycles. The van der Waals surface area contributed by atoms with E-state index in [4.69, 9.17) is 11.6 Å². The fraction of sp³-hybridized carbons (Fsp3) is 0.444. The van der Waals surface area contributed by atoms with Crippen molar-refractivity contribution in [2.75, 3.05) is 13.1 Å². The van der Waals surface area contributed by atoms with E-state index in [0.29, 0.717) is 18.1 Å². The number of nitrogens with zero attached hydrogens (tertiary/aromatic N) is 1. The van der Waals surface area contributed by atoms with Crippen LogP contribution in [0.1, 0.15) is 25.1 Å². The van der Waals surface area contributed by atoms with Crippen molar-refractivity contribution in [2.45, 2.75) is 38.9 Å². The molecule has 1 aromatic heterocycles. The zero-order valence-electron chi connectivity index (χ0n) is 14.3. The van der Waals surface area contributed by atoms with Crippen molar-refractivity contribution >= 4 is 44.8 Å². The maximum Gasteiger partial charge on any atom is 0.237 e. The van der Waals surface area contributed by atoms with Gasteiger partial charge in [0.05, 0.1) is 24.0 Å². The molecule has 0 aliphatic carbocycles. The molecule has 0 spiro atoms. The van der Waals surface area contributed by atoms with Crippen LogP contribution >= 0.6 is 22.9 Å². The summed E-state index contributed by atoms with van der Waals surface area (Å²) in [6, 6.07) is 7.73. The highest BCUT2D eigenvalue weighted by atomic mass is 35.5. The molecule has 7 heteroatoms. The van der Waals surface area contributed by atoms with Crippen molar-refractivity contribution in [3.8, 4) is 0 Å². The standard InChI is InChI=1S/C18H22ClN3O2S/c1-11(2)22-8-7-20-18(24)13(22)9-16(23)21-10-15-17(19)12-5-3-4-6-14(12)25-15/h3-6,11,13H,7-10H2,1-2H3,(H,20,24)(H,21,23)/t13-/m1/s1. The SMILES string of the molecule is CC(C)N1CCNC(=O)[C@H]1CC(=O)NCc1sc2ccccc2c1Cl. The molecule has 0 unspecified atom stereocenters. The molecular weight excluding hydrogens is 358 g/mol. The van der Waals surface area contributed by atoms with Gasteiger partial charge in [-0.3, -0.25) is 14.5 Å². The van der Waals surface area contributed by atoms with Crippen molar-refractivity contribution < 1.29 is 9.59 Å². The average molecular weight is 380 g/mol. The number of hydrogen-bond acceptors (Lipinski definition) is 4. The number of fused-ring (bicyclic) bond motifs is 1. The average Bonchev–Trinajstić information content (AvgIpc) is 2.91. The maximum absolute atomic E-state index is 12.4. The monoisotopic (exact) mass is 379 g/mol. The number of halogens is 1. The van der Waals surface area contributed by atoms with E-state index < -0.39 is 6.04 Å². The number of carbonyl (C=O) groups excluding carboxylic acids is 2. The first-order valence-electron chi connectivity index (χ1n) is 8.43. The zero-order valence-corrected chi connectivity index (χ0v) is 15.9. The number of rotatable bonds is 5. The molecule has 5 nitrogen and oxygen atoms in total. The fourth-order valence-electron chi connectivity index (χ4n) is 3.17. The van der Waals surface area contributed by atoms with E-state index in [0.717, 1.165) is 21.5 Å². The van der Waals surface area contributed by atoms with Gasteiger partial charge in [0.1, 0.15) is 0 Å². The Labute approximate surface area is 156 Å². The Bertz CT molecular complexity index is 790. The molecule has 2 amide bonds. The van der Waals surface area contributed by atoms with Crippen LogP contribution in [0.4, 0.5) is 0 Å². The van der Waals surface area contributed by atoms with Gasteiger partial charge in [-0.25, -0.2) is 0 Å². The number of benzene rings is 1. The molecule has 25 heavy (non-hydrogen) atoms. The summed E-state index contributed by atoms with van der Waals surface area (Å²) < 4.78 is 1.11. The third kappa shape index (κ3) is 3.97. The van der Waals surface area contributed by atoms with Gasteiger partial charge in [0.25, 0.3) is 0 Å². The van der Waals surface area contributed by atoms with Gasteiger partial charge < -0.3 is 10.6 Å². The first kappa shape index (κ1) is 18.2. The molecule has 2 aromatic rings. The molecule has 2 heterocycles. The molecule has 1 saturated heterocycles. The molecule has 134 valence electrons. The van der Waals surface area contributed by atoms with E-state index in [1.54, 1.807) is 11.3 Å². The van der Waals surface area contributed by atoms with Gasteiger partial charge in [-0.2, -0.15) is 0 Å². The van der Waals surface area contributed by atoms with E-state index in [2.05, 4.69) is 15.5 Å².